The first-order chi connectivity index (χ1) is 10.1. The van der Waals surface area contributed by atoms with E-state index in [4.69, 9.17) is 5.11 Å². The molecule has 3 N–H and O–H groups in total. The van der Waals surface area contributed by atoms with Crippen LogP contribution in [0.25, 0.3) is 0 Å². The molecule has 1 saturated carbocycles. The number of amides is 1. The second-order valence-electron chi connectivity index (χ2n) is 6.35. The summed E-state index contributed by atoms with van der Waals surface area (Å²) in [5, 5.41) is 21.8. The molecule has 0 bridgehead atoms. The molecule has 0 spiro atoms. The number of piperidine rings is 1. The van der Waals surface area contributed by atoms with E-state index >= 15 is 0 Å². The van der Waals surface area contributed by atoms with E-state index < -0.39 is 5.97 Å². The Morgan fingerprint density at radius 2 is 1.76 bits per heavy atom. The molecule has 1 heterocycles. The molecule has 0 aromatic heterocycles. The Balaban J connectivity index is 1.78. The molecular weight excluding hydrogens is 272 g/mol. The molecule has 0 radical (unpaired) electrons. The minimum Gasteiger partial charge on any atom is -0.481 e. The number of carboxylic acids is 1. The van der Waals surface area contributed by atoms with Crippen LogP contribution in [0.2, 0.25) is 0 Å². The second kappa shape index (κ2) is 7.22. The van der Waals surface area contributed by atoms with Crippen molar-refractivity contribution in [3.8, 4) is 0 Å². The maximum atomic E-state index is 12.2. The van der Waals surface area contributed by atoms with Crippen molar-refractivity contribution >= 4 is 11.9 Å². The number of carbonyl (C=O) groups excluding carboxylic acids is 1. The summed E-state index contributed by atoms with van der Waals surface area (Å²) in [6, 6.07) is 0. The highest BCUT2D eigenvalue weighted by Crippen LogP contribution is 2.27. The highest BCUT2D eigenvalue weighted by atomic mass is 16.4. The van der Waals surface area contributed by atoms with Crippen molar-refractivity contribution in [2.75, 3.05) is 26.2 Å². The van der Waals surface area contributed by atoms with Gasteiger partial charge in [-0.15, -0.1) is 0 Å². The SMILES string of the molecule is O=C(O)C1CCN(C(=O)CNC2(CO)CCCCC2)CC1. The van der Waals surface area contributed by atoms with E-state index in [-0.39, 0.29) is 30.5 Å². The van der Waals surface area contributed by atoms with Crippen molar-refractivity contribution in [2.24, 2.45) is 5.92 Å². The summed E-state index contributed by atoms with van der Waals surface area (Å²) in [4.78, 5) is 24.8. The lowest BCUT2D eigenvalue weighted by atomic mass is 9.82. The number of aliphatic hydroxyl groups is 1. The smallest absolute Gasteiger partial charge is 0.306 e. The van der Waals surface area contributed by atoms with E-state index in [1.807, 2.05) is 0 Å². The van der Waals surface area contributed by atoms with Gasteiger partial charge < -0.3 is 20.4 Å². The number of carbonyl (C=O) groups is 2. The van der Waals surface area contributed by atoms with Gasteiger partial charge in [-0.1, -0.05) is 19.3 Å². The first kappa shape index (κ1) is 16.2. The quantitative estimate of drug-likeness (QED) is 0.691. The predicted molar refractivity (Wildman–Crippen MR) is 77.8 cm³/mol. The molecule has 1 aliphatic heterocycles. The lowest BCUT2D eigenvalue weighted by Crippen LogP contribution is -2.54. The van der Waals surface area contributed by atoms with Gasteiger partial charge in [-0.2, -0.15) is 0 Å². The summed E-state index contributed by atoms with van der Waals surface area (Å²) in [6.07, 6.45) is 6.27. The molecule has 2 rings (SSSR count). The first-order valence-electron chi connectivity index (χ1n) is 7.93. The van der Waals surface area contributed by atoms with Crippen LogP contribution in [0.3, 0.4) is 0 Å². The van der Waals surface area contributed by atoms with Gasteiger partial charge in [0.05, 0.1) is 19.1 Å². The van der Waals surface area contributed by atoms with Crippen LogP contribution in [-0.2, 0) is 9.59 Å². The molecular formula is C15H26N2O4. The maximum Gasteiger partial charge on any atom is 0.306 e. The molecule has 1 saturated heterocycles. The molecule has 0 aromatic carbocycles. The zero-order valence-electron chi connectivity index (χ0n) is 12.5. The first-order valence-corrected chi connectivity index (χ1v) is 7.93. The number of hydrogen-bond acceptors (Lipinski definition) is 4. The number of nitrogens with one attached hydrogen (secondary N) is 1. The van der Waals surface area contributed by atoms with Crippen LogP contribution >= 0.6 is 0 Å². The summed E-state index contributed by atoms with van der Waals surface area (Å²) in [7, 11) is 0. The van der Waals surface area contributed by atoms with E-state index in [1.54, 1.807) is 4.90 Å². The molecule has 1 amide bonds. The lowest BCUT2D eigenvalue weighted by Gasteiger charge is -2.37. The number of carboxylic acid groups (broad SMARTS) is 1. The molecule has 2 aliphatic rings. The summed E-state index contributed by atoms with van der Waals surface area (Å²) < 4.78 is 0. The highest BCUT2D eigenvalue weighted by Gasteiger charge is 2.32. The zero-order chi connectivity index (χ0) is 15.3. The molecule has 6 nitrogen and oxygen atoms in total. The molecule has 6 heteroatoms. The standard InChI is InChI=1S/C15H26N2O4/c18-11-15(6-2-1-3-7-15)16-10-13(19)17-8-4-12(5-9-17)14(20)21/h12,16,18H,1-11H2,(H,20,21). The molecule has 2 fully saturated rings. The van der Waals surface area contributed by atoms with Crippen LogP contribution in [0, 0.1) is 5.92 Å². The summed E-state index contributed by atoms with van der Waals surface area (Å²) >= 11 is 0. The zero-order valence-corrected chi connectivity index (χ0v) is 12.5. The fourth-order valence-electron chi connectivity index (χ4n) is 3.37. The van der Waals surface area contributed by atoms with Crippen molar-refractivity contribution in [3.05, 3.63) is 0 Å². The monoisotopic (exact) mass is 298 g/mol. The topological polar surface area (TPSA) is 89.9 Å². The van der Waals surface area contributed by atoms with E-state index in [2.05, 4.69) is 5.32 Å². The predicted octanol–water partition coefficient (Wildman–Crippen LogP) is 0.594. The molecule has 120 valence electrons. The van der Waals surface area contributed by atoms with E-state index in [0.29, 0.717) is 25.9 Å². The average molecular weight is 298 g/mol. The third-order valence-corrected chi connectivity index (χ3v) is 4.92. The van der Waals surface area contributed by atoms with E-state index in [9.17, 15) is 14.7 Å². The van der Waals surface area contributed by atoms with Crippen LogP contribution in [0.4, 0.5) is 0 Å². The van der Waals surface area contributed by atoms with Gasteiger partial charge in [0.1, 0.15) is 0 Å². The average Bonchev–Trinajstić information content (AvgIpc) is 2.53. The molecule has 1 aliphatic carbocycles. The van der Waals surface area contributed by atoms with Gasteiger partial charge in [-0.05, 0) is 25.7 Å². The van der Waals surface area contributed by atoms with Gasteiger partial charge in [0.2, 0.25) is 5.91 Å². The Morgan fingerprint density at radius 1 is 1.14 bits per heavy atom. The van der Waals surface area contributed by atoms with E-state index in [1.165, 1.54) is 6.42 Å². The summed E-state index contributed by atoms with van der Waals surface area (Å²) in [5.74, 6) is -1.07. The van der Waals surface area contributed by atoms with Gasteiger partial charge in [-0.25, -0.2) is 0 Å². The lowest BCUT2D eigenvalue weighted by molar-refractivity contribution is -0.145. The largest absolute Gasteiger partial charge is 0.481 e. The number of hydrogen-bond donors (Lipinski definition) is 3. The van der Waals surface area contributed by atoms with Crippen molar-refractivity contribution in [1.82, 2.24) is 10.2 Å². The van der Waals surface area contributed by atoms with Gasteiger partial charge in [0, 0.05) is 18.6 Å². The Hall–Kier alpha value is -1.14. The number of rotatable bonds is 5. The Bertz CT molecular complexity index is 372. The molecule has 0 atom stereocenters. The van der Waals surface area contributed by atoms with Crippen LogP contribution in [0.5, 0.6) is 0 Å². The second-order valence-corrected chi connectivity index (χ2v) is 6.35. The molecule has 0 unspecified atom stereocenters. The van der Waals surface area contributed by atoms with Gasteiger partial charge in [0.25, 0.3) is 0 Å². The summed E-state index contributed by atoms with van der Waals surface area (Å²) in [5.41, 5.74) is -0.298. The van der Waals surface area contributed by atoms with Crippen LogP contribution < -0.4 is 5.32 Å². The third-order valence-electron chi connectivity index (χ3n) is 4.92. The fourth-order valence-corrected chi connectivity index (χ4v) is 3.37. The van der Waals surface area contributed by atoms with Crippen LogP contribution in [0.1, 0.15) is 44.9 Å². The van der Waals surface area contributed by atoms with Crippen molar-refractivity contribution < 1.29 is 19.8 Å². The molecule has 21 heavy (non-hydrogen) atoms. The van der Waals surface area contributed by atoms with Crippen LogP contribution in [0.15, 0.2) is 0 Å². The Kier molecular flexibility index (Phi) is 5.58. The van der Waals surface area contributed by atoms with Gasteiger partial charge in [-0.3, -0.25) is 9.59 Å². The van der Waals surface area contributed by atoms with Gasteiger partial charge >= 0.3 is 5.97 Å². The number of nitrogens with zero attached hydrogens (tertiary/aromatic N) is 1. The van der Waals surface area contributed by atoms with Crippen molar-refractivity contribution in [1.29, 1.82) is 0 Å². The van der Waals surface area contributed by atoms with Crippen molar-refractivity contribution in [3.63, 3.8) is 0 Å². The fraction of sp³-hybridized carbons (Fsp3) is 0.867. The number of aliphatic carboxylic acids is 1. The van der Waals surface area contributed by atoms with Crippen LogP contribution in [-0.4, -0.2) is 58.8 Å². The Morgan fingerprint density at radius 3 is 2.29 bits per heavy atom. The Labute approximate surface area is 125 Å². The highest BCUT2D eigenvalue weighted by molar-refractivity contribution is 5.79. The van der Waals surface area contributed by atoms with Crippen molar-refractivity contribution in [2.45, 2.75) is 50.5 Å². The summed E-state index contributed by atoms with van der Waals surface area (Å²) in [6.45, 7) is 1.34. The minimum atomic E-state index is -0.762. The normalized spacial score (nSPS) is 23.0. The third kappa shape index (κ3) is 4.17. The molecule has 0 aromatic rings. The van der Waals surface area contributed by atoms with E-state index in [0.717, 1.165) is 25.7 Å². The minimum absolute atomic E-state index is 0.0113. The maximum absolute atomic E-state index is 12.2. The number of aliphatic hydroxyl groups excluding tert-OH is 1. The van der Waals surface area contributed by atoms with Gasteiger partial charge in [0.15, 0.2) is 0 Å². The number of likely N-dealkylation sites (tertiary alicyclic amines) is 1.